The van der Waals surface area contributed by atoms with Crippen LogP contribution < -0.4 is 0 Å². The smallest absolute Gasteiger partial charge is 0.306 e. The number of rotatable bonds is 45. The van der Waals surface area contributed by atoms with E-state index in [-0.39, 0.29) is 37.5 Å². The van der Waals surface area contributed by atoms with E-state index in [2.05, 4.69) is 118 Å². The van der Waals surface area contributed by atoms with Gasteiger partial charge in [-0.15, -0.1) is 0 Å². The summed E-state index contributed by atoms with van der Waals surface area (Å²) in [5.74, 6) is -1.01. The highest BCUT2D eigenvalue weighted by atomic mass is 16.6. The third kappa shape index (κ3) is 49.1. The molecule has 0 saturated carbocycles. The Kier molecular flexibility index (Phi) is 48.5. The first kappa shape index (κ1) is 60.1. The Morgan fingerprint density at radius 3 is 1.19 bits per heavy atom. The van der Waals surface area contributed by atoms with Crippen molar-refractivity contribution in [2.24, 2.45) is 0 Å². The van der Waals surface area contributed by atoms with Gasteiger partial charge in [0.15, 0.2) is 6.10 Å². The topological polar surface area (TPSA) is 78.9 Å². The molecule has 0 aliphatic carbocycles. The van der Waals surface area contributed by atoms with Crippen molar-refractivity contribution in [3.8, 4) is 0 Å². The molecular weight excluding hydrogens is 793 g/mol. The molecule has 0 aliphatic heterocycles. The van der Waals surface area contributed by atoms with Crippen molar-refractivity contribution in [1.29, 1.82) is 0 Å². The van der Waals surface area contributed by atoms with Crippen LogP contribution in [0.15, 0.2) is 109 Å². The molecule has 0 bridgehead atoms. The van der Waals surface area contributed by atoms with Gasteiger partial charge >= 0.3 is 17.9 Å². The lowest BCUT2D eigenvalue weighted by Crippen LogP contribution is -2.30. The Labute approximate surface area is 393 Å². The molecule has 1 atom stereocenters. The first-order valence-corrected chi connectivity index (χ1v) is 25.9. The number of hydrogen-bond donors (Lipinski definition) is 0. The zero-order valence-corrected chi connectivity index (χ0v) is 41.3. The van der Waals surface area contributed by atoms with Crippen molar-refractivity contribution >= 4 is 17.9 Å². The van der Waals surface area contributed by atoms with Gasteiger partial charge in [-0.2, -0.15) is 0 Å². The van der Waals surface area contributed by atoms with E-state index in [1.807, 2.05) is 12.2 Å². The number of esters is 3. The van der Waals surface area contributed by atoms with Crippen LogP contribution in [0.3, 0.4) is 0 Å². The number of carbonyl (C=O) groups excluding carboxylic acids is 3. The second kappa shape index (κ2) is 51.7. The molecule has 0 spiro atoms. The molecule has 0 aromatic carbocycles. The fourth-order valence-electron chi connectivity index (χ4n) is 6.76. The van der Waals surface area contributed by atoms with Gasteiger partial charge in [-0.1, -0.05) is 233 Å². The van der Waals surface area contributed by atoms with Gasteiger partial charge in [0.1, 0.15) is 13.2 Å². The van der Waals surface area contributed by atoms with Gasteiger partial charge in [0.25, 0.3) is 0 Å². The predicted molar refractivity (Wildman–Crippen MR) is 274 cm³/mol. The number of unbranched alkanes of at least 4 members (excludes halogenated alkanes) is 18. The Bertz CT molecular complexity index is 1340. The van der Waals surface area contributed by atoms with Crippen molar-refractivity contribution in [2.45, 2.75) is 226 Å². The summed E-state index contributed by atoms with van der Waals surface area (Å²) in [6.45, 7) is 6.30. The van der Waals surface area contributed by atoms with E-state index in [1.54, 1.807) is 0 Å². The van der Waals surface area contributed by atoms with Crippen LogP contribution in [-0.2, 0) is 28.6 Å². The molecule has 0 rings (SSSR count). The normalized spacial score (nSPS) is 13.0. The predicted octanol–water partition coefficient (Wildman–Crippen LogP) is 17.1. The zero-order valence-electron chi connectivity index (χ0n) is 41.3. The van der Waals surface area contributed by atoms with Crippen molar-refractivity contribution in [3.05, 3.63) is 109 Å². The number of carbonyl (C=O) groups is 3. The van der Waals surface area contributed by atoms with Crippen molar-refractivity contribution in [1.82, 2.24) is 0 Å². The maximum atomic E-state index is 12.8. The molecule has 0 radical (unpaired) electrons. The van der Waals surface area contributed by atoms with Crippen LogP contribution in [0.1, 0.15) is 220 Å². The minimum absolute atomic E-state index is 0.107. The average Bonchev–Trinajstić information content (AvgIpc) is 3.29. The largest absolute Gasteiger partial charge is 0.462 e. The summed E-state index contributed by atoms with van der Waals surface area (Å²) in [6.07, 6.45) is 69.4. The summed E-state index contributed by atoms with van der Waals surface area (Å²) < 4.78 is 16.7. The van der Waals surface area contributed by atoms with Gasteiger partial charge in [-0.25, -0.2) is 0 Å². The third-order valence-corrected chi connectivity index (χ3v) is 10.6. The summed E-state index contributed by atoms with van der Waals surface area (Å²) >= 11 is 0. The highest BCUT2D eigenvalue weighted by molar-refractivity contribution is 5.71. The molecule has 0 saturated heterocycles. The molecule has 0 aromatic rings. The molecule has 6 nitrogen and oxygen atoms in total. The maximum absolute atomic E-state index is 12.8. The van der Waals surface area contributed by atoms with Crippen molar-refractivity contribution in [3.63, 3.8) is 0 Å². The van der Waals surface area contributed by atoms with Crippen LogP contribution in [-0.4, -0.2) is 37.2 Å². The Morgan fingerprint density at radius 2 is 0.719 bits per heavy atom. The standard InChI is InChI=1S/C58H94O6/c1-4-7-10-13-16-19-22-25-27-28-29-30-32-33-36-39-42-45-48-51-57(60)63-54-55(53-62-56(59)50-47-44-41-38-35-24-21-18-15-12-9-6-3)64-58(61)52-49-46-43-40-37-34-31-26-23-20-17-14-11-8-5-2/h7-8,10-11,14,16-17,19-20,23,25,27,29-30,33,36,42,45,55H,4-6,9,12-13,15,18,21-22,24,26,28,31-32,34-35,37-41,43-44,46-54H2,1-3H3/b10-7-,11-8-,17-14-,19-16-,23-20-,27-25-,30-29-,36-33-,45-42-. The number of hydrogen-bond acceptors (Lipinski definition) is 6. The molecule has 6 heteroatoms. The van der Waals surface area contributed by atoms with E-state index in [0.29, 0.717) is 19.3 Å². The van der Waals surface area contributed by atoms with E-state index < -0.39 is 6.10 Å². The van der Waals surface area contributed by atoms with Gasteiger partial charge in [-0.3, -0.25) is 14.4 Å². The number of ether oxygens (including phenoxy) is 3. The monoisotopic (exact) mass is 887 g/mol. The lowest BCUT2D eigenvalue weighted by atomic mass is 10.0. The Hall–Kier alpha value is -3.93. The summed E-state index contributed by atoms with van der Waals surface area (Å²) in [6, 6.07) is 0. The van der Waals surface area contributed by atoms with Crippen LogP contribution in [0.5, 0.6) is 0 Å². The second-order valence-corrected chi connectivity index (χ2v) is 16.7. The lowest BCUT2D eigenvalue weighted by molar-refractivity contribution is -0.166. The molecule has 1 unspecified atom stereocenters. The molecule has 0 aromatic heterocycles. The first-order chi connectivity index (χ1) is 31.5. The van der Waals surface area contributed by atoms with Crippen LogP contribution in [0.2, 0.25) is 0 Å². The van der Waals surface area contributed by atoms with E-state index in [0.717, 1.165) is 96.3 Å². The minimum Gasteiger partial charge on any atom is -0.462 e. The summed E-state index contributed by atoms with van der Waals surface area (Å²) in [5.41, 5.74) is 0. The maximum Gasteiger partial charge on any atom is 0.306 e. The Balaban J connectivity index is 4.52. The zero-order chi connectivity index (χ0) is 46.5. The lowest BCUT2D eigenvalue weighted by Gasteiger charge is -2.18. The van der Waals surface area contributed by atoms with Gasteiger partial charge < -0.3 is 14.2 Å². The van der Waals surface area contributed by atoms with Gasteiger partial charge in [-0.05, 0) is 77.0 Å². The van der Waals surface area contributed by atoms with E-state index in [1.165, 1.54) is 77.0 Å². The summed E-state index contributed by atoms with van der Waals surface area (Å²) in [7, 11) is 0. The second-order valence-electron chi connectivity index (χ2n) is 16.7. The molecule has 64 heavy (non-hydrogen) atoms. The molecule has 0 N–H and O–H groups in total. The van der Waals surface area contributed by atoms with Gasteiger partial charge in [0, 0.05) is 19.3 Å². The molecule has 0 heterocycles. The summed E-state index contributed by atoms with van der Waals surface area (Å²) in [5, 5.41) is 0. The summed E-state index contributed by atoms with van der Waals surface area (Å²) in [4.78, 5) is 37.9. The van der Waals surface area contributed by atoms with Crippen molar-refractivity contribution in [2.75, 3.05) is 13.2 Å². The number of allylic oxidation sites excluding steroid dienone is 18. The van der Waals surface area contributed by atoms with Gasteiger partial charge in [0.05, 0.1) is 0 Å². The first-order valence-electron chi connectivity index (χ1n) is 25.9. The van der Waals surface area contributed by atoms with Gasteiger partial charge in [0.2, 0.25) is 0 Å². The highest BCUT2D eigenvalue weighted by Crippen LogP contribution is 2.14. The van der Waals surface area contributed by atoms with Crippen molar-refractivity contribution < 1.29 is 28.6 Å². The van der Waals surface area contributed by atoms with Crippen LogP contribution in [0.4, 0.5) is 0 Å². The molecule has 0 amide bonds. The minimum atomic E-state index is -0.814. The molecule has 362 valence electrons. The average molecular weight is 887 g/mol. The molecular formula is C58H94O6. The molecule has 0 aliphatic rings. The quantitative estimate of drug-likeness (QED) is 0.0199. The molecule has 0 fully saturated rings. The van der Waals surface area contributed by atoms with Crippen LogP contribution in [0.25, 0.3) is 0 Å². The van der Waals surface area contributed by atoms with Crippen LogP contribution >= 0.6 is 0 Å². The van der Waals surface area contributed by atoms with Crippen LogP contribution in [0, 0.1) is 0 Å². The fraction of sp³-hybridized carbons (Fsp3) is 0.638. The van der Waals surface area contributed by atoms with E-state index in [4.69, 9.17) is 14.2 Å². The SMILES string of the molecule is CC\C=C/C=C\C=C/CCCCCCCCCC(=O)OC(COC(=O)CC/C=C\C/C=C\C/C=C\C/C=C\C/C=C\C/C=C\CC)COC(=O)CCCCCCCCCCCCCC. The van der Waals surface area contributed by atoms with E-state index in [9.17, 15) is 14.4 Å². The third-order valence-electron chi connectivity index (χ3n) is 10.6. The fourth-order valence-corrected chi connectivity index (χ4v) is 6.76. The van der Waals surface area contributed by atoms with E-state index >= 15 is 0 Å². The highest BCUT2D eigenvalue weighted by Gasteiger charge is 2.19. The Morgan fingerprint density at radius 1 is 0.344 bits per heavy atom.